The zero-order valence-corrected chi connectivity index (χ0v) is 25.2. The van der Waals surface area contributed by atoms with Crippen LogP contribution in [-0.4, -0.2) is 96.3 Å². The number of thiophene rings is 1. The lowest BCUT2D eigenvalue weighted by atomic mass is 10.1. The number of nitrogens with zero attached hydrogens (tertiary/aromatic N) is 5. The average molecular weight is 583 g/mol. The van der Waals surface area contributed by atoms with Crippen LogP contribution in [0.2, 0.25) is 0 Å². The number of pyridine rings is 1. The van der Waals surface area contributed by atoms with Crippen molar-refractivity contribution in [2.75, 3.05) is 65.2 Å². The van der Waals surface area contributed by atoms with E-state index in [4.69, 9.17) is 0 Å². The predicted octanol–water partition coefficient (Wildman–Crippen LogP) is 4.09. The van der Waals surface area contributed by atoms with Crippen molar-refractivity contribution in [3.05, 3.63) is 64.2 Å². The predicted molar refractivity (Wildman–Crippen MR) is 166 cm³/mol. The van der Waals surface area contributed by atoms with Gasteiger partial charge in [-0.1, -0.05) is 18.2 Å². The molecule has 2 aliphatic heterocycles. The fraction of sp³-hybridized carbons (Fsp3) is 0.433. The molecule has 5 rings (SSSR count). The van der Waals surface area contributed by atoms with Crippen LogP contribution in [0, 0.1) is 6.92 Å². The van der Waals surface area contributed by atoms with Crippen LogP contribution in [-0.2, 0) is 22.7 Å². The number of halogens is 1. The molecule has 4 heterocycles. The third kappa shape index (κ3) is 7.47. The van der Waals surface area contributed by atoms with Crippen molar-refractivity contribution < 1.29 is 9.59 Å². The van der Waals surface area contributed by atoms with Gasteiger partial charge in [-0.3, -0.25) is 14.5 Å². The Morgan fingerprint density at radius 1 is 1.12 bits per heavy atom. The zero-order valence-electron chi connectivity index (χ0n) is 23.6. The second-order valence-corrected chi connectivity index (χ2v) is 11.8. The first-order chi connectivity index (χ1) is 18.9. The second kappa shape index (κ2) is 13.7. The SMILES string of the molecule is Cc1c(CN(C)C(=O)C=Cc2cnc3c(c2)CN(CCCN2CCN(C)CC2)CC(=O)N3)sc2ccccc12.Cl. The zero-order chi connectivity index (χ0) is 27.4. The average Bonchev–Trinajstić information content (AvgIpc) is 3.14. The van der Waals surface area contributed by atoms with E-state index in [1.165, 1.54) is 20.5 Å². The van der Waals surface area contributed by atoms with Crippen LogP contribution < -0.4 is 5.32 Å². The van der Waals surface area contributed by atoms with Crippen LogP contribution in [0.25, 0.3) is 16.2 Å². The summed E-state index contributed by atoms with van der Waals surface area (Å²) in [6.07, 6.45) is 6.16. The van der Waals surface area contributed by atoms with Gasteiger partial charge >= 0.3 is 0 Å². The number of aryl methyl sites for hydroxylation is 1. The van der Waals surface area contributed by atoms with Crippen molar-refractivity contribution in [3.8, 4) is 0 Å². The highest BCUT2D eigenvalue weighted by Crippen LogP contribution is 2.31. The van der Waals surface area contributed by atoms with E-state index in [9.17, 15) is 9.59 Å². The van der Waals surface area contributed by atoms with Crippen LogP contribution in [0.3, 0.4) is 0 Å². The number of piperazine rings is 1. The van der Waals surface area contributed by atoms with Crippen LogP contribution in [0.4, 0.5) is 5.82 Å². The number of anilines is 1. The Hall–Kier alpha value is -2.82. The second-order valence-electron chi connectivity index (χ2n) is 10.7. The fourth-order valence-electron chi connectivity index (χ4n) is 5.24. The molecular weight excluding hydrogens is 544 g/mol. The van der Waals surface area contributed by atoms with Gasteiger partial charge in [0.05, 0.1) is 13.1 Å². The molecule has 10 heteroatoms. The summed E-state index contributed by atoms with van der Waals surface area (Å²) in [5, 5.41) is 4.20. The highest BCUT2D eigenvalue weighted by atomic mass is 35.5. The lowest BCUT2D eigenvalue weighted by Crippen LogP contribution is -2.45. The van der Waals surface area contributed by atoms with Gasteiger partial charge in [-0.15, -0.1) is 23.7 Å². The molecule has 8 nitrogen and oxygen atoms in total. The third-order valence-corrected chi connectivity index (χ3v) is 8.93. The summed E-state index contributed by atoms with van der Waals surface area (Å²) < 4.78 is 1.25. The summed E-state index contributed by atoms with van der Waals surface area (Å²) >= 11 is 1.74. The van der Waals surface area contributed by atoms with Crippen LogP contribution in [0.15, 0.2) is 42.6 Å². The van der Waals surface area contributed by atoms with Crippen molar-refractivity contribution in [1.29, 1.82) is 0 Å². The largest absolute Gasteiger partial charge is 0.337 e. The molecule has 214 valence electrons. The summed E-state index contributed by atoms with van der Waals surface area (Å²) in [6.45, 7) is 10.1. The molecule has 2 aliphatic rings. The Kier molecular flexibility index (Phi) is 10.3. The number of carbonyl (C=O) groups is 2. The van der Waals surface area contributed by atoms with Gasteiger partial charge in [0.15, 0.2) is 0 Å². The Balaban J connectivity index is 0.00000370. The molecule has 0 radical (unpaired) electrons. The molecule has 0 unspecified atom stereocenters. The quantitative estimate of drug-likeness (QED) is 0.404. The molecule has 0 bridgehead atoms. The fourth-order valence-corrected chi connectivity index (χ4v) is 6.50. The van der Waals surface area contributed by atoms with Crippen molar-refractivity contribution in [1.82, 2.24) is 24.6 Å². The highest BCUT2D eigenvalue weighted by molar-refractivity contribution is 7.19. The molecule has 2 aromatic heterocycles. The van der Waals surface area contributed by atoms with Crippen LogP contribution in [0.5, 0.6) is 0 Å². The summed E-state index contributed by atoms with van der Waals surface area (Å²) in [7, 11) is 4.01. The Morgan fingerprint density at radius 3 is 2.65 bits per heavy atom. The molecule has 1 fully saturated rings. The number of hydrogen-bond acceptors (Lipinski definition) is 7. The Labute approximate surface area is 247 Å². The van der Waals surface area contributed by atoms with E-state index in [2.05, 4.69) is 57.2 Å². The molecule has 0 atom stereocenters. The summed E-state index contributed by atoms with van der Waals surface area (Å²) in [6, 6.07) is 10.4. The summed E-state index contributed by atoms with van der Waals surface area (Å²) in [5.41, 5.74) is 3.07. The lowest BCUT2D eigenvalue weighted by molar-refractivity contribution is -0.125. The van der Waals surface area contributed by atoms with E-state index in [1.807, 2.05) is 25.3 Å². The number of rotatable bonds is 8. The Morgan fingerprint density at radius 2 is 1.88 bits per heavy atom. The van der Waals surface area contributed by atoms with E-state index in [0.717, 1.165) is 56.8 Å². The van der Waals surface area contributed by atoms with Gasteiger partial charge in [-0.05, 0) is 61.7 Å². The number of likely N-dealkylation sites (N-methyl/N-ethyl adjacent to an activating group) is 2. The van der Waals surface area contributed by atoms with Crippen LogP contribution in [0.1, 0.15) is 28.0 Å². The van der Waals surface area contributed by atoms with Crippen molar-refractivity contribution in [3.63, 3.8) is 0 Å². The molecule has 1 N–H and O–H groups in total. The topological polar surface area (TPSA) is 72.0 Å². The maximum Gasteiger partial charge on any atom is 0.246 e. The Bertz CT molecular complexity index is 1370. The first-order valence-corrected chi connectivity index (χ1v) is 14.5. The third-order valence-electron chi connectivity index (χ3n) is 7.67. The van der Waals surface area contributed by atoms with E-state index in [1.54, 1.807) is 28.5 Å². The number of amides is 2. The van der Waals surface area contributed by atoms with Gasteiger partial charge in [-0.25, -0.2) is 4.98 Å². The molecule has 0 spiro atoms. The smallest absolute Gasteiger partial charge is 0.246 e. The van der Waals surface area contributed by atoms with E-state index in [-0.39, 0.29) is 24.2 Å². The molecule has 40 heavy (non-hydrogen) atoms. The van der Waals surface area contributed by atoms with Crippen molar-refractivity contribution in [2.45, 2.75) is 26.4 Å². The van der Waals surface area contributed by atoms with E-state index < -0.39 is 0 Å². The molecule has 2 amide bonds. The van der Waals surface area contributed by atoms with Gasteiger partial charge in [0.1, 0.15) is 5.82 Å². The highest BCUT2D eigenvalue weighted by Gasteiger charge is 2.21. The van der Waals surface area contributed by atoms with Crippen LogP contribution >= 0.6 is 23.7 Å². The minimum absolute atomic E-state index is 0. The molecule has 1 saturated heterocycles. The first-order valence-electron chi connectivity index (χ1n) is 13.7. The normalized spacial score (nSPS) is 16.9. The minimum atomic E-state index is -0.0550. The standard InChI is InChI=1S/C30H38N6O2S.ClH/c1-22-25-7-4-5-8-26(25)39-27(22)20-34(3)29(38)10-9-23-17-24-19-36(21-28(37)32-30(24)31-18-23)12-6-11-35-15-13-33(2)14-16-35;/h4-5,7-10,17-18H,6,11-16,19-21H2,1-3H3,(H,31,32,37);1H. The van der Waals surface area contributed by atoms with Gasteiger partial charge in [0.25, 0.3) is 0 Å². The van der Waals surface area contributed by atoms with Gasteiger partial charge in [0.2, 0.25) is 11.8 Å². The molecule has 3 aromatic rings. The monoisotopic (exact) mass is 582 g/mol. The first kappa shape index (κ1) is 30.1. The maximum atomic E-state index is 12.9. The number of aromatic nitrogens is 1. The maximum absolute atomic E-state index is 12.9. The van der Waals surface area contributed by atoms with E-state index >= 15 is 0 Å². The van der Waals surface area contributed by atoms with Crippen molar-refractivity contribution >= 4 is 57.5 Å². The molecule has 0 saturated carbocycles. The number of nitrogens with one attached hydrogen (secondary N) is 1. The summed E-state index contributed by atoms with van der Waals surface area (Å²) in [5.74, 6) is 0.528. The van der Waals surface area contributed by atoms with Crippen molar-refractivity contribution in [2.24, 2.45) is 0 Å². The number of benzene rings is 1. The molecular formula is C30H39ClN6O2S. The van der Waals surface area contributed by atoms with E-state index in [0.29, 0.717) is 25.5 Å². The number of hydrogen-bond donors (Lipinski definition) is 1. The van der Waals surface area contributed by atoms with Gasteiger partial charge in [-0.2, -0.15) is 0 Å². The molecule has 0 aliphatic carbocycles. The van der Waals surface area contributed by atoms with Gasteiger partial charge < -0.3 is 20.0 Å². The lowest BCUT2D eigenvalue weighted by Gasteiger charge is -2.32. The minimum Gasteiger partial charge on any atom is -0.337 e. The molecule has 1 aromatic carbocycles. The number of fused-ring (bicyclic) bond motifs is 2. The van der Waals surface area contributed by atoms with Gasteiger partial charge in [0, 0.05) is 73.7 Å². The number of carbonyl (C=O) groups excluding carboxylic acids is 2. The summed E-state index contributed by atoms with van der Waals surface area (Å²) in [4.78, 5) is 39.9.